The van der Waals surface area contributed by atoms with Crippen LogP contribution in [0.25, 0.3) is 5.69 Å². The summed E-state index contributed by atoms with van der Waals surface area (Å²) in [5, 5.41) is 3.98. The van der Waals surface area contributed by atoms with Crippen molar-refractivity contribution < 1.29 is 13.6 Å². The van der Waals surface area contributed by atoms with Gasteiger partial charge in [-0.25, -0.2) is 14.2 Å². The Labute approximate surface area is 143 Å². The molecule has 0 aliphatic heterocycles. The van der Waals surface area contributed by atoms with Crippen LogP contribution in [0, 0.1) is 11.6 Å². The largest absolute Gasteiger partial charge is 0.323 e. The molecule has 0 unspecified atom stereocenters. The number of rotatable bonds is 4. The molecule has 1 N–H and O–H groups in total. The predicted molar refractivity (Wildman–Crippen MR) is 91.8 cm³/mol. The molecule has 1 aromatic heterocycles. The zero-order valence-electron chi connectivity index (χ0n) is 13.4. The van der Waals surface area contributed by atoms with E-state index in [-0.39, 0.29) is 0 Å². The number of carbonyl (C=O) groups excluding carboxylic acids is 1. The number of halogens is 2. The Morgan fingerprint density at radius 2 is 1.72 bits per heavy atom. The fourth-order valence-electron chi connectivity index (χ4n) is 2.37. The van der Waals surface area contributed by atoms with E-state index in [1.807, 2.05) is 41.2 Å². The summed E-state index contributed by atoms with van der Waals surface area (Å²) in [6, 6.07) is 14.3. The van der Waals surface area contributed by atoms with Crippen LogP contribution in [-0.4, -0.2) is 16.2 Å². The summed E-state index contributed by atoms with van der Waals surface area (Å²) in [5.41, 5.74) is 4.36. The first-order valence-corrected chi connectivity index (χ1v) is 7.58. The molecule has 1 amide bonds. The van der Waals surface area contributed by atoms with Crippen molar-refractivity contribution in [1.82, 2.24) is 9.99 Å². The second-order valence-electron chi connectivity index (χ2n) is 5.37. The van der Waals surface area contributed by atoms with E-state index in [9.17, 15) is 13.6 Å². The van der Waals surface area contributed by atoms with Crippen LogP contribution in [0.1, 0.15) is 22.8 Å². The van der Waals surface area contributed by atoms with Crippen LogP contribution in [0.4, 0.5) is 8.78 Å². The highest BCUT2D eigenvalue weighted by molar-refractivity contribution is 6.02. The van der Waals surface area contributed by atoms with Crippen molar-refractivity contribution in [3.05, 3.63) is 89.8 Å². The normalized spacial score (nSPS) is 11.4. The third-order valence-corrected chi connectivity index (χ3v) is 3.69. The molecule has 0 atom stereocenters. The molecule has 4 nitrogen and oxygen atoms in total. The molecule has 0 bridgehead atoms. The monoisotopic (exact) mass is 339 g/mol. The van der Waals surface area contributed by atoms with Crippen LogP contribution >= 0.6 is 0 Å². The first kappa shape index (κ1) is 16.6. The van der Waals surface area contributed by atoms with Gasteiger partial charge in [-0.2, -0.15) is 5.10 Å². The fourth-order valence-corrected chi connectivity index (χ4v) is 2.37. The molecule has 126 valence electrons. The number of carbonyl (C=O) groups is 1. The standard InChI is InChI=1S/C19H15F2N3O/c1-13(14-8-9-16(20)17(21)12-14)22-23-19(25)15-6-2-3-7-18(15)24-10-4-5-11-24/h2-12H,1H3,(H,23,25)/b22-13-. The molecule has 0 radical (unpaired) electrons. The molecular formula is C19H15F2N3O. The van der Waals surface area contributed by atoms with Crippen LogP contribution < -0.4 is 5.43 Å². The Bertz CT molecular complexity index is 934. The van der Waals surface area contributed by atoms with Gasteiger partial charge in [0.1, 0.15) is 0 Å². The van der Waals surface area contributed by atoms with Crippen LogP contribution in [0.5, 0.6) is 0 Å². The summed E-state index contributed by atoms with van der Waals surface area (Å²) < 4.78 is 28.1. The molecule has 0 saturated carbocycles. The van der Waals surface area contributed by atoms with Crippen LogP contribution in [0.15, 0.2) is 72.1 Å². The van der Waals surface area contributed by atoms with Gasteiger partial charge in [0.05, 0.1) is 17.0 Å². The zero-order valence-corrected chi connectivity index (χ0v) is 13.4. The van der Waals surface area contributed by atoms with Gasteiger partial charge in [-0.05, 0) is 49.4 Å². The van der Waals surface area contributed by atoms with Gasteiger partial charge in [-0.15, -0.1) is 0 Å². The van der Waals surface area contributed by atoms with Crippen molar-refractivity contribution in [2.24, 2.45) is 5.10 Å². The minimum atomic E-state index is -0.962. The van der Waals surface area contributed by atoms with Crippen molar-refractivity contribution in [3.8, 4) is 5.69 Å². The zero-order chi connectivity index (χ0) is 17.8. The summed E-state index contributed by atoms with van der Waals surface area (Å²) in [5.74, 6) is -2.29. The van der Waals surface area contributed by atoms with Gasteiger partial charge in [0.25, 0.3) is 5.91 Å². The lowest BCUT2D eigenvalue weighted by Crippen LogP contribution is -2.21. The van der Waals surface area contributed by atoms with Gasteiger partial charge in [-0.3, -0.25) is 4.79 Å². The molecule has 0 spiro atoms. The molecule has 0 aliphatic carbocycles. The molecule has 6 heteroatoms. The number of para-hydroxylation sites is 1. The van der Waals surface area contributed by atoms with Crippen molar-refractivity contribution in [3.63, 3.8) is 0 Å². The van der Waals surface area contributed by atoms with E-state index in [1.165, 1.54) is 6.07 Å². The average molecular weight is 339 g/mol. The lowest BCUT2D eigenvalue weighted by molar-refractivity contribution is 0.0955. The Morgan fingerprint density at radius 3 is 2.44 bits per heavy atom. The van der Waals surface area contributed by atoms with Crippen molar-refractivity contribution >= 4 is 11.6 Å². The van der Waals surface area contributed by atoms with Gasteiger partial charge >= 0.3 is 0 Å². The highest BCUT2D eigenvalue weighted by Crippen LogP contribution is 2.15. The van der Waals surface area contributed by atoms with Gasteiger partial charge in [0.2, 0.25) is 0 Å². The molecule has 3 aromatic rings. The number of nitrogens with zero attached hydrogens (tertiary/aromatic N) is 2. The SMILES string of the molecule is C/C(=N/NC(=O)c1ccccc1-n1cccc1)c1ccc(F)c(F)c1. The lowest BCUT2D eigenvalue weighted by atomic mass is 10.1. The second-order valence-corrected chi connectivity index (χ2v) is 5.37. The summed E-state index contributed by atoms with van der Waals surface area (Å²) in [6.45, 7) is 1.60. The lowest BCUT2D eigenvalue weighted by Gasteiger charge is -2.09. The Hall–Kier alpha value is -3.28. The highest BCUT2D eigenvalue weighted by atomic mass is 19.2. The van der Waals surface area contributed by atoms with E-state index in [1.54, 1.807) is 19.1 Å². The van der Waals surface area contributed by atoms with Crippen LogP contribution in [0.2, 0.25) is 0 Å². The number of amides is 1. The molecule has 2 aromatic carbocycles. The minimum Gasteiger partial charge on any atom is -0.323 e. The molecule has 0 aliphatic rings. The predicted octanol–water partition coefficient (Wildman–Crippen LogP) is 3.91. The molecule has 1 heterocycles. The van der Waals surface area contributed by atoms with E-state index in [4.69, 9.17) is 0 Å². The number of benzene rings is 2. The Kier molecular flexibility index (Phi) is 4.70. The van der Waals surface area contributed by atoms with E-state index in [0.29, 0.717) is 22.5 Å². The number of aromatic nitrogens is 1. The summed E-state index contributed by atoms with van der Waals surface area (Å²) >= 11 is 0. The third-order valence-electron chi connectivity index (χ3n) is 3.69. The van der Waals surface area contributed by atoms with Crippen molar-refractivity contribution in [1.29, 1.82) is 0 Å². The molecule has 0 fully saturated rings. The van der Waals surface area contributed by atoms with Gasteiger partial charge in [0.15, 0.2) is 11.6 Å². The van der Waals surface area contributed by atoms with Crippen LogP contribution in [-0.2, 0) is 0 Å². The summed E-state index contributed by atoms with van der Waals surface area (Å²) in [6.07, 6.45) is 3.67. The topological polar surface area (TPSA) is 46.4 Å². The second kappa shape index (κ2) is 7.09. The van der Waals surface area contributed by atoms with Crippen molar-refractivity contribution in [2.75, 3.05) is 0 Å². The molecule has 3 rings (SSSR count). The number of nitrogens with one attached hydrogen (secondary N) is 1. The molecular weight excluding hydrogens is 324 g/mol. The average Bonchev–Trinajstić information content (AvgIpc) is 3.16. The highest BCUT2D eigenvalue weighted by Gasteiger charge is 2.12. The summed E-state index contributed by atoms with van der Waals surface area (Å²) in [4.78, 5) is 12.5. The van der Waals surface area contributed by atoms with E-state index < -0.39 is 17.5 Å². The number of hydrogen-bond acceptors (Lipinski definition) is 2. The summed E-state index contributed by atoms with van der Waals surface area (Å²) in [7, 11) is 0. The first-order chi connectivity index (χ1) is 12.1. The van der Waals surface area contributed by atoms with E-state index in [2.05, 4.69) is 10.5 Å². The smallest absolute Gasteiger partial charge is 0.273 e. The Morgan fingerprint density at radius 1 is 1.00 bits per heavy atom. The van der Waals surface area contributed by atoms with E-state index >= 15 is 0 Å². The van der Waals surface area contributed by atoms with Gasteiger partial charge < -0.3 is 4.57 Å². The molecule has 0 saturated heterocycles. The number of hydrazone groups is 1. The quantitative estimate of drug-likeness (QED) is 0.568. The van der Waals surface area contributed by atoms with Gasteiger partial charge in [0, 0.05) is 18.0 Å². The van der Waals surface area contributed by atoms with Gasteiger partial charge in [-0.1, -0.05) is 12.1 Å². The maximum Gasteiger partial charge on any atom is 0.273 e. The first-order valence-electron chi connectivity index (χ1n) is 7.58. The fraction of sp³-hybridized carbons (Fsp3) is 0.0526. The maximum absolute atomic E-state index is 13.3. The van der Waals surface area contributed by atoms with Crippen molar-refractivity contribution in [2.45, 2.75) is 6.92 Å². The Balaban J connectivity index is 1.82. The molecule has 25 heavy (non-hydrogen) atoms. The third kappa shape index (κ3) is 3.63. The van der Waals surface area contributed by atoms with Crippen LogP contribution in [0.3, 0.4) is 0 Å². The maximum atomic E-state index is 13.3. The minimum absolute atomic E-state index is 0.366. The van der Waals surface area contributed by atoms with E-state index in [0.717, 1.165) is 12.1 Å². The number of hydrogen-bond donors (Lipinski definition) is 1.